The molecule has 3 atom stereocenters. The second-order valence-corrected chi connectivity index (χ2v) is 7.17. The topological polar surface area (TPSA) is 86.2 Å². The molecule has 0 aliphatic heterocycles. The third kappa shape index (κ3) is 3.63. The third-order valence-electron chi connectivity index (χ3n) is 5.21. The number of ether oxygens (including phenoxy) is 1. The van der Waals surface area contributed by atoms with Crippen molar-refractivity contribution in [2.75, 3.05) is 7.11 Å². The summed E-state index contributed by atoms with van der Waals surface area (Å²) in [5, 5.41) is 14.7. The summed E-state index contributed by atoms with van der Waals surface area (Å²) in [5.41, 5.74) is 7.57. The molecule has 0 bridgehead atoms. The van der Waals surface area contributed by atoms with E-state index in [0.29, 0.717) is 36.6 Å². The van der Waals surface area contributed by atoms with Crippen LogP contribution in [0.3, 0.4) is 0 Å². The van der Waals surface area contributed by atoms with Crippen LogP contribution >= 0.6 is 0 Å². The van der Waals surface area contributed by atoms with E-state index in [1.165, 1.54) is 12.1 Å². The van der Waals surface area contributed by atoms with E-state index in [4.69, 9.17) is 15.5 Å². The van der Waals surface area contributed by atoms with E-state index >= 15 is 0 Å². The van der Waals surface area contributed by atoms with Crippen LogP contribution in [0, 0.1) is 5.82 Å². The largest absolute Gasteiger partial charge is 0.496 e. The molecule has 0 spiro atoms. The second kappa shape index (κ2) is 7.69. The highest BCUT2D eigenvalue weighted by Crippen LogP contribution is 2.34. The Labute approximate surface area is 162 Å². The molecule has 1 aliphatic carbocycles. The van der Waals surface area contributed by atoms with Crippen LogP contribution in [0.25, 0.3) is 5.69 Å². The normalized spacial score (nSPS) is 21.8. The molecule has 3 N–H and O–H groups in total. The smallest absolute Gasteiger partial charge is 0.155 e. The summed E-state index contributed by atoms with van der Waals surface area (Å²) in [7, 11) is 1.63. The van der Waals surface area contributed by atoms with Crippen molar-refractivity contribution in [3.8, 4) is 11.4 Å². The van der Waals surface area contributed by atoms with E-state index < -0.39 is 6.10 Å². The van der Waals surface area contributed by atoms with Crippen LogP contribution in [-0.2, 0) is 6.42 Å². The van der Waals surface area contributed by atoms with Crippen molar-refractivity contribution in [1.29, 1.82) is 0 Å². The number of aliphatic hydroxyl groups excluding tert-OH is 1. The van der Waals surface area contributed by atoms with Crippen molar-refractivity contribution < 1.29 is 14.2 Å². The van der Waals surface area contributed by atoms with Crippen LogP contribution in [0.2, 0.25) is 0 Å². The number of rotatable bonds is 5. The minimum atomic E-state index is -0.569. The molecule has 2 aromatic carbocycles. The molecule has 1 aromatic heterocycles. The number of aromatic nitrogens is 3. The number of benzene rings is 2. The fourth-order valence-electron chi connectivity index (χ4n) is 3.78. The first-order valence-electron chi connectivity index (χ1n) is 9.32. The van der Waals surface area contributed by atoms with E-state index in [9.17, 15) is 9.50 Å². The van der Waals surface area contributed by atoms with Crippen molar-refractivity contribution in [2.45, 2.75) is 37.3 Å². The lowest BCUT2D eigenvalue weighted by molar-refractivity contribution is 0.163. The first-order chi connectivity index (χ1) is 13.5. The van der Waals surface area contributed by atoms with Gasteiger partial charge in [-0.05, 0) is 37.1 Å². The van der Waals surface area contributed by atoms with Gasteiger partial charge in [0.2, 0.25) is 0 Å². The molecule has 1 fully saturated rings. The maximum Gasteiger partial charge on any atom is 0.155 e. The highest BCUT2D eigenvalue weighted by atomic mass is 19.1. The average molecular weight is 382 g/mol. The lowest BCUT2D eigenvalue weighted by atomic mass is 10.1. The van der Waals surface area contributed by atoms with Crippen molar-refractivity contribution >= 4 is 0 Å². The molecule has 7 heteroatoms. The number of hydrogen-bond acceptors (Lipinski definition) is 5. The maximum atomic E-state index is 13.8. The molecule has 1 aliphatic rings. The molecule has 1 heterocycles. The van der Waals surface area contributed by atoms with Gasteiger partial charge >= 0.3 is 0 Å². The Morgan fingerprint density at radius 1 is 1.21 bits per heavy atom. The summed E-state index contributed by atoms with van der Waals surface area (Å²) in [6, 6.07) is 13.7. The minimum absolute atomic E-state index is 0.0350. The molecule has 146 valence electrons. The molecular formula is C21H23FN4O2. The van der Waals surface area contributed by atoms with Gasteiger partial charge in [0.25, 0.3) is 0 Å². The van der Waals surface area contributed by atoms with Crippen LogP contribution in [0.4, 0.5) is 4.39 Å². The van der Waals surface area contributed by atoms with Gasteiger partial charge in [0.1, 0.15) is 17.4 Å². The summed E-state index contributed by atoms with van der Waals surface area (Å²) >= 11 is 0. The van der Waals surface area contributed by atoms with E-state index in [0.717, 1.165) is 11.3 Å². The van der Waals surface area contributed by atoms with Gasteiger partial charge in [-0.15, -0.1) is 0 Å². The predicted octanol–water partition coefficient (Wildman–Crippen LogP) is 2.57. The lowest BCUT2D eigenvalue weighted by Crippen LogP contribution is -2.28. The zero-order valence-corrected chi connectivity index (χ0v) is 15.6. The molecule has 0 unspecified atom stereocenters. The van der Waals surface area contributed by atoms with Crippen LogP contribution in [0.5, 0.6) is 5.75 Å². The van der Waals surface area contributed by atoms with Gasteiger partial charge in [0.15, 0.2) is 5.82 Å². The average Bonchev–Trinajstić information content (AvgIpc) is 3.25. The van der Waals surface area contributed by atoms with E-state index in [-0.39, 0.29) is 17.8 Å². The highest BCUT2D eigenvalue weighted by Gasteiger charge is 2.35. The van der Waals surface area contributed by atoms with Crippen molar-refractivity contribution in [2.24, 2.45) is 5.73 Å². The van der Waals surface area contributed by atoms with Crippen LogP contribution in [0.1, 0.15) is 36.0 Å². The SMILES string of the molecule is COc1ccccc1Cc1nc([C@H]2C[C@@H](N)[C@H](O)C2)n(-c2cccc(F)c2)n1. The fourth-order valence-corrected chi connectivity index (χ4v) is 3.78. The summed E-state index contributed by atoms with van der Waals surface area (Å²) < 4.78 is 20.9. The van der Waals surface area contributed by atoms with E-state index in [1.807, 2.05) is 24.3 Å². The molecule has 28 heavy (non-hydrogen) atoms. The van der Waals surface area contributed by atoms with Crippen molar-refractivity contribution in [3.05, 3.63) is 71.6 Å². The maximum absolute atomic E-state index is 13.8. The third-order valence-corrected chi connectivity index (χ3v) is 5.21. The Bertz CT molecular complexity index is 965. The molecule has 6 nitrogen and oxygen atoms in total. The summed E-state index contributed by atoms with van der Waals surface area (Å²) in [6.07, 6.45) is 1.05. The van der Waals surface area contributed by atoms with Crippen molar-refractivity contribution in [3.63, 3.8) is 0 Å². The number of hydrogen-bond donors (Lipinski definition) is 2. The summed E-state index contributed by atoms with van der Waals surface area (Å²) in [6.45, 7) is 0. The van der Waals surface area contributed by atoms with Gasteiger partial charge < -0.3 is 15.6 Å². The molecule has 3 aromatic rings. The van der Waals surface area contributed by atoms with Gasteiger partial charge in [0.05, 0.1) is 18.9 Å². The lowest BCUT2D eigenvalue weighted by Gasteiger charge is -2.11. The van der Waals surface area contributed by atoms with Crippen LogP contribution in [-0.4, -0.2) is 39.1 Å². The van der Waals surface area contributed by atoms with Gasteiger partial charge in [-0.1, -0.05) is 24.3 Å². The van der Waals surface area contributed by atoms with Crippen LogP contribution < -0.4 is 10.5 Å². The summed E-state index contributed by atoms with van der Waals surface area (Å²) in [4.78, 5) is 4.75. The molecular weight excluding hydrogens is 359 g/mol. The predicted molar refractivity (Wildman–Crippen MR) is 103 cm³/mol. The summed E-state index contributed by atoms with van der Waals surface area (Å²) in [5.74, 6) is 1.70. The number of nitrogens with two attached hydrogens (primary N) is 1. The number of para-hydroxylation sites is 1. The van der Waals surface area contributed by atoms with E-state index in [2.05, 4.69) is 5.10 Å². The van der Waals surface area contributed by atoms with Gasteiger partial charge in [-0.25, -0.2) is 14.1 Å². The number of aliphatic hydroxyl groups is 1. The first kappa shape index (κ1) is 18.6. The Morgan fingerprint density at radius 3 is 2.75 bits per heavy atom. The minimum Gasteiger partial charge on any atom is -0.496 e. The number of nitrogens with zero attached hydrogens (tertiary/aromatic N) is 3. The Balaban J connectivity index is 1.74. The standard InChI is InChI=1S/C21H23FN4O2/c1-28-19-8-3-2-5-13(19)11-20-24-21(14-9-17(23)18(27)10-14)26(25-20)16-7-4-6-15(22)12-16/h2-8,12,14,17-18,27H,9-11,23H2,1H3/t14-,17+,18+/m0/s1. The Kier molecular flexibility index (Phi) is 5.11. The molecule has 0 radical (unpaired) electrons. The quantitative estimate of drug-likeness (QED) is 0.708. The number of methoxy groups -OCH3 is 1. The zero-order valence-electron chi connectivity index (χ0n) is 15.6. The van der Waals surface area contributed by atoms with Crippen molar-refractivity contribution in [1.82, 2.24) is 14.8 Å². The highest BCUT2D eigenvalue weighted by molar-refractivity contribution is 5.37. The van der Waals surface area contributed by atoms with Gasteiger partial charge in [-0.3, -0.25) is 0 Å². The molecule has 1 saturated carbocycles. The van der Waals surface area contributed by atoms with Crippen LogP contribution in [0.15, 0.2) is 48.5 Å². The number of halogens is 1. The van der Waals surface area contributed by atoms with E-state index in [1.54, 1.807) is 23.9 Å². The first-order valence-corrected chi connectivity index (χ1v) is 9.32. The monoisotopic (exact) mass is 382 g/mol. The zero-order chi connectivity index (χ0) is 19.7. The Morgan fingerprint density at radius 2 is 2.04 bits per heavy atom. The fraction of sp³-hybridized carbons (Fsp3) is 0.333. The molecule has 0 saturated heterocycles. The van der Waals surface area contributed by atoms with Gasteiger partial charge in [0, 0.05) is 23.9 Å². The Hall–Kier alpha value is -2.77. The molecule has 0 amide bonds. The van der Waals surface area contributed by atoms with Gasteiger partial charge in [-0.2, -0.15) is 5.10 Å². The molecule has 4 rings (SSSR count). The second-order valence-electron chi connectivity index (χ2n) is 7.17.